The van der Waals surface area contributed by atoms with Crippen molar-refractivity contribution in [3.05, 3.63) is 35.9 Å². The molecule has 0 radical (unpaired) electrons. The van der Waals surface area contributed by atoms with E-state index in [-0.39, 0.29) is 18.2 Å². The lowest BCUT2D eigenvalue weighted by molar-refractivity contribution is -0.131. The van der Waals surface area contributed by atoms with Crippen LogP contribution in [0.25, 0.3) is 0 Å². The van der Waals surface area contributed by atoms with Gasteiger partial charge in [0, 0.05) is 26.4 Å². The fourth-order valence-corrected chi connectivity index (χ4v) is 1.86. The van der Waals surface area contributed by atoms with Crippen molar-refractivity contribution in [1.29, 1.82) is 0 Å². The average molecular weight is 275 g/mol. The molecule has 1 unspecified atom stereocenters. The summed E-state index contributed by atoms with van der Waals surface area (Å²) in [5.41, 5.74) is 1.71. The number of amides is 2. The van der Waals surface area contributed by atoms with Gasteiger partial charge in [-0.05, 0) is 5.56 Å². The second-order valence-electron chi connectivity index (χ2n) is 4.42. The minimum absolute atomic E-state index is 0.112. The molecular formula is C14H17N3O3. The third kappa shape index (κ3) is 3.57. The molecule has 6 heteroatoms. The van der Waals surface area contributed by atoms with Gasteiger partial charge in [-0.2, -0.15) is 0 Å². The molecule has 20 heavy (non-hydrogen) atoms. The van der Waals surface area contributed by atoms with Crippen LogP contribution in [0.2, 0.25) is 0 Å². The van der Waals surface area contributed by atoms with E-state index in [1.807, 2.05) is 30.3 Å². The number of hydrogen-bond acceptors (Lipinski definition) is 4. The molecule has 0 spiro atoms. The number of nitrogens with one attached hydrogen (secondary N) is 2. The Morgan fingerprint density at radius 3 is 2.80 bits per heavy atom. The highest BCUT2D eigenvalue weighted by Crippen LogP contribution is 2.16. The number of benzene rings is 1. The second-order valence-corrected chi connectivity index (χ2v) is 4.42. The van der Waals surface area contributed by atoms with Gasteiger partial charge >= 0.3 is 0 Å². The lowest BCUT2D eigenvalue weighted by Gasteiger charge is -2.08. The Labute approximate surface area is 117 Å². The Bertz CT molecular complexity index is 514. The third-order valence-corrected chi connectivity index (χ3v) is 3.00. The first-order valence-electron chi connectivity index (χ1n) is 6.47. The number of nitrogens with zero attached hydrogens (tertiary/aromatic N) is 1. The van der Waals surface area contributed by atoms with E-state index in [9.17, 15) is 9.59 Å². The monoisotopic (exact) mass is 275 g/mol. The number of rotatable bonds is 5. The summed E-state index contributed by atoms with van der Waals surface area (Å²) in [7, 11) is 1.56. The molecule has 0 aliphatic carbocycles. The van der Waals surface area contributed by atoms with Crippen LogP contribution in [0.5, 0.6) is 0 Å². The molecule has 1 heterocycles. The quantitative estimate of drug-likeness (QED) is 0.818. The number of carbonyl (C=O) groups is 2. The van der Waals surface area contributed by atoms with Crippen molar-refractivity contribution < 1.29 is 14.4 Å². The Hall–Kier alpha value is -2.37. The van der Waals surface area contributed by atoms with Crippen LogP contribution in [0, 0.1) is 0 Å². The van der Waals surface area contributed by atoms with Crippen LogP contribution < -0.4 is 10.6 Å². The van der Waals surface area contributed by atoms with Crippen molar-refractivity contribution >= 4 is 17.5 Å². The Morgan fingerprint density at radius 1 is 1.35 bits per heavy atom. The zero-order chi connectivity index (χ0) is 14.4. The summed E-state index contributed by atoms with van der Waals surface area (Å²) in [5, 5.41) is 9.10. The molecule has 1 aliphatic heterocycles. The molecule has 1 aromatic rings. The van der Waals surface area contributed by atoms with Gasteiger partial charge in [-0.1, -0.05) is 35.5 Å². The van der Waals surface area contributed by atoms with Gasteiger partial charge in [-0.3, -0.25) is 9.59 Å². The highest BCUT2D eigenvalue weighted by molar-refractivity contribution is 6.04. The van der Waals surface area contributed by atoms with E-state index in [4.69, 9.17) is 4.84 Å². The second kappa shape index (κ2) is 6.70. The maximum Gasteiger partial charge on any atom is 0.264 e. The van der Waals surface area contributed by atoms with Gasteiger partial charge in [0.1, 0.15) is 0 Å². The van der Waals surface area contributed by atoms with Crippen molar-refractivity contribution in [2.75, 3.05) is 13.6 Å². The molecule has 2 rings (SSSR count). The van der Waals surface area contributed by atoms with Crippen molar-refractivity contribution in [3.8, 4) is 0 Å². The zero-order valence-corrected chi connectivity index (χ0v) is 11.3. The van der Waals surface area contributed by atoms with Crippen LogP contribution in [0.4, 0.5) is 0 Å². The number of carbonyl (C=O) groups excluding carboxylic acids is 2. The molecule has 0 fully saturated rings. The normalized spacial score (nSPS) is 17.1. The lowest BCUT2D eigenvalue weighted by Crippen LogP contribution is -2.36. The van der Waals surface area contributed by atoms with Gasteiger partial charge in [-0.25, -0.2) is 0 Å². The fourth-order valence-electron chi connectivity index (χ4n) is 1.86. The summed E-state index contributed by atoms with van der Waals surface area (Å²) in [6, 6.07) is 9.59. The lowest BCUT2D eigenvalue weighted by atomic mass is 10.0. The molecule has 106 valence electrons. The van der Waals surface area contributed by atoms with E-state index in [0.29, 0.717) is 13.0 Å². The summed E-state index contributed by atoms with van der Waals surface area (Å²) < 4.78 is 0. The van der Waals surface area contributed by atoms with E-state index in [2.05, 4.69) is 15.8 Å². The summed E-state index contributed by atoms with van der Waals surface area (Å²) in [4.78, 5) is 28.0. The highest BCUT2D eigenvalue weighted by Gasteiger charge is 2.28. The fraction of sp³-hybridized carbons (Fsp3) is 0.357. The van der Waals surface area contributed by atoms with Crippen molar-refractivity contribution in [2.24, 2.45) is 5.16 Å². The molecule has 0 saturated carbocycles. The van der Waals surface area contributed by atoms with Crippen LogP contribution in [0.3, 0.4) is 0 Å². The molecular weight excluding hydrogens is 258 g/mol. The highest BCUT2D eigenvalue weighted by atomic mass is 16.6. The summed E-state index contributed by atoms with van der Waals surface area (Å²) in [6.45, 7) is 0.291. The van der Waals surface area contributed by atoms with Gasteiger partial charge in [0.25, 0.3) is 5.91 Å². The summed E-state index contributed by atoms with van der Waals surface area (Å²) in [5.74, 6) is -0.359. The maximum absolute atomic E-state index is 11.9. The SMILES string of the molecule is CNC(=O)CCNC(=O)C1CC(c2ccccc2)=NO1. The Kier molecular flexibility index (Phi) is 4.70. The standard InChI is InChI=1S/C14H17N3O3/c1-15-13(18)7-8-16-14(19)12-9-11(17-20-12)10-5-3-2-4-6-10/h2-6,12H,7-9H2,1H3,(H,15,18)(H,16,19). The van der Waals surface area contributed by atoms with E-state index in [1.54, 1.807) is 7.05 Å². The third-order valence-electron chi connectivity index (χ3n) is 3.00. The van der Waals surface area contributed by atoms with Crippen molar-refractivity contribution in [3.63, 3.8) is 0 Å². The number of hydrogen-bond donors (Lipinski definition) is 2. The van der Waals surface area contributed by atoms with Gasteiger partial charge in [0.15, 0.2) is 0 Å². The van der Waals surface area contributed by atoms with Crippen LogP contribution >= 0.6 is 0 Å². The first kappa shape index (κ1) is 14.0. The average Bonchev–Trinajstić information content (AvgIpc) is 2.97. The Morgan fingerprint density at radius 2 is 2.10 bits per heavy atom. The van der Waals surface area contributed by atoms with E-state index < -0.39 is 6.10 Å². The molecule has 2 N–H and O–H groups in total. The summed E-state index contributed by atoms with van der Waals surface area (Å²) >= 11 is 0. The van der Waals surface area contributed by atoms with Crippen LogP contribution in [0.1, 0.15) is 18.4 Å². The minimum Gasteiger partial charge on any atom is -0.382 e. The molecule has 6 nitrogen and oxygen atoms in total. The number of oxime groups is 1. The zero-order valence-electron chi connectivity index (χ0n) is 11.3. The maximum atomic E-state index is 11.9. The first-order valence-corrected chi connectivity index (χ1v) is 6.47. The van der Waals surface area contributed by atoms with E-state index in [1.165, 1.54) is 0 Å². The van der Waals surface area contributed by atoms with Gasteiger partial charge < -0.3 is 15.5 Å². The van der Waals surface area contributed by atoms with Gasteiger partial charge in [0.2, 0.25) is 12.0 Å². The van der Waals surface area contributed by atoms with E-state index in [0.717, 1.165) is 11.3 Å². The summed E-state index contributed by atoms with van der Waals surface area (Å²) in [6.07, 6.45) is 0.0758. The van der Waals surface area contributed by atoms with Crippen LogP contribution in [-0.2, 0) is 14.4 Å². The molecule has 1 aromatic carbocycles. The molecule has 2 amide bonds. The van der Waals surface area contributed by atoms with Gasteiger partial charge in [0.05, 0.1) is 5.71 Å². The predicted octanol–water partition coefficient (Wildman–Crippen LogP) is 0.432. The van der Waals surface area contributed by atoms with Crippen LogP contribution in [0.15, 0.2) is 35.5 Å². The molecule has 0 aromatic heterocycles. The Balaban J connectivity index is 1.79. The van der Waals surface area contributed by atoms with Crippen molar-refractivity contribution in [2.45, 2.75) is 18.9 Å². The molecule has 1 aliphatic rings. The molecule has 0 bridgehead atoms. The van der Waals surface area contributed by atoms with Crippen LogP contribution in [-0.4, -0.2) is 37.2 Å². The van der Waals surface area contributed by atoms with Crippen molar-refractivity contribution in [1.82, 2.24) is 10.6 Å². The van der Waals surface area contributed by atoms with Gasteiger partial charge in [-0.15, -0.1) is 0 Å². The van der Waals surface area contributed by atoms with E-state index >= 15 is 0 Å². The molecule has 0 saturated heterocycles. The predicted molar refractivity (Wildman–Crippen MR) is 74.2 cm³/mol. The smallest absolute Gasteiger partial charge is 0.264 e. The first-order chi connectivity index (χ1) is 9.70. The minimum atomic E-state index is -0.616. The molecule has 1 atom stereocenters. The topological polar surface area (TPSA) is 79.8 Å². The largest absolute Gasteiger partial charge is 0.382 e.